The second-order valence-electron chi connectivity index (χ2n) is 6.41. The van der Waals surface area contributed by atoms with Gasteiger partial charge in [-0.2, -0.15) is 0 Å². The number of benzene rings is 2. The molecule has 3 aromatic heterocycles. The number of pyridine rings is 2. The molecule has 0 fully saturated rings. The zero-order valence-electron chi connectivity index (χ0n) is 14.3. The molecule has 0 atom stereocenters. The summed E-state index contributed by atoms with van der Waals surface area (Å²) < 4.78 is 5.67. The van der Waals surface area contributed by atoms with Crippen LogP contribution in [0.4, 0.5) is 0 Å². The smallest absolute Gasteiger partial charge is 0.160 e. The second kappa shape index (κ2) is 5.81. The topological polar surface area (TPSA) is 38.9 Å². The lowest BCUT2D eigenvalue weighted by Crippen LogP contribution is -1.90. The Labute approximate surface area is 151 Å². The first-order chi connectivity index (χ1) is 12.8. The summed E-state index contributed by atoms with van der Waals surface area (Å²) in [5, 5.41) is 2.09. The predicted molar refractivity (Wildman–Crippen MR) is 105 cm³/mol. The molecule has 5 aromatic rings. The summed E-state index contributed by atoms with van der Waals surface area (Å²) in [6.45, 7) is 1.99. The molecule has 0 spiro atoms. The molecule has 0 aliphatic heterocycles. The van der Waals surface area contributed by atoms with Gasteiger partial charge in [0.15, 0.2) is 5.58 Å². The minimum Gasteiger partial charge on any atom is -0.462 e. The normalized spacial score (nSPS) is 11.3. The first-order valence-corrected chi connectivity index (χ1v) is 8.59. The highest BCUT2D eigenvalue weighted by atomic mass is 16.3. The van der Waals surface area contributed by atoms with E-state index in [9.17, 15) is 0 Å². The lowest BCUT2D eigenvalue weighted by molar-refractivity contribution is 0.618. The van der Waals surface area contributed by atoms with Crippen LogP contribution in [0.15, 0.2) is 83.6 Å². The molecule has 0 saturated heterocycles. The van der Waals surface area contributed by atoms with Gasteiger partial charge in [0.25, 0.3) is 0 Å². The van der Waals surface area contributed by atoms with Gasteiger partial charge < -0.3 is 4.42 Å². The predicted octanol–water partition coefficient (Wildman–Crippen LogP) is 6.02. The van der Waals surface area contributed by atoms with Gasteiger partial charge in [-0.05, 0) is 36.8 Å². The van der Waals surface area contributed by atoms with E-state index < -0.39 is 0 Å². The Morgan fingerprint density at radius 3 is 2.54 bits per heavy atom. The highest BCUT2D eigenvalue weighted by molar-refractivity contribution is 6.09. The lowest BCUT2D eigenvalue weighted by Gasteiger charge is -2.09. The molecule has 0 aliphatic rings. The summed E-state index contributed by atoms with van der Waals surface area (Å²) in [5.74, 6) is 0. The molecule has 0 unspecified atom stereocenters. The van der Waals surface area contributed by atoms with Crippen molar-refractivity contribution < 1.29 is 4.42 Å². The number of rotatable bonds is 2. The lowest BCUT2D eigenvalue weighted by atomic mass is 10.0. The molecule has 124 valence electrons. The van der Waals surface area contributed by atoms with Crippen LogP contribution in [0.5, 0.6) is 0 Å². The van der Waals surface area contributed by atoms with E-state index in [0.717, 1.165) is 44.4 Å². The molecule has 3 nitrogen and oxygen atoms in total. The van der Waals surface area contributed by atoms with Crippen molar-refractivity contribution in [3.63, 3.8) is 0 Å². The standard InChI is InChI=1S/C23H16N2O/c1-15-7-9-19-20(13-17-11-12-26-23(17)22(19)25-15)21-10-8-18(14-24-21)16-5-3-2-4-6-16/h2-14H,1H3. The maximum atomic E-state index is 5.67. The SMILES string of the molecule is Cc1ccc2c(-c3ccc(-c4ccccc4)cn3)cc3ccoc3c2n1. The summed E-state index contributed by atoms with van der Waals surface area (Å²) >= 11 is 0. The van der Waals surface area contributed by atoms with Crippen molar-refractivity contribution in [1.29, 1.82) is 0 Å². The van der Waals surface area contributed by atoms with E-state index in [-0.39, 0.29) is 0 Å². The Kier molecular flexibility index (Phi) is 3.32. The molecule has 26 heavy (non-hydrogen) atoms. The van der Waals surface area contributed by atoms with Crippen molar-refractivity contribution in [3.05, 3.63) is 84.9 Å². The Morgan fingerprint density at radius 2 is 1.73 bits per heavy atom. The van der Waals surface area contributed by atoms with E-state index in [0.29, 0.717) is 0 Å². The first-order valence-electron chi connectivity index (χ1n) is 8.59. The van der Waals surface area contributed by atoms with E-state index >= 15 is 0 Å². The number of fused-ring (bicyclic) bond motifs is 3. The van der Waals surface area contributed by atoms with Gasteiger partial charge in [0, 0.05) is 33.8 Å². The second-order valence-corrected chi connectivity index (χ2v) is 6.41. The number of furan rings is 1. The summed E-state index contributed by atoms with van der Waals surface area (Å²) in [4.78, 5) is 9.44. The Hall–Kier alpha value is -3.46. The number of hydrogen-bond acceptors (Lipinski definition) is 3. The van der Waals surface area contributed by atoms with Crippen molar-refractivity contribution in [2.45, 2.75) is 6.92 Å². The third-order valence-electron chi connectivity index (χ3n) is 4.68. The van der Waals surface area contributed by atoms with Gasteiger partial charge in [0.1, 0.15) is 5.52 Å². The van der Waals surface area contributed by atoms with Gasteiger partial charge in [-0.15, -0.1) is 0 Å². The van der Waals surface area contributed by atoms with Gasteiger partial charge >= 0.3 is 0 Å². The average molecular weight is 336 g/mol. The molecule has 0 amide bonds. The zero-order chi connectivity index (χ0) is 17.5. The molecular weight excluding hydrogens is 320 g/mol. The molecule has 0 aliphatic carbocycles. The summed E-state index contributed by atoms with van der Waals surface area (Å²) in [5.41, 5.74) is 6.96. The summed E-state index contributed by atoms with van der Waals surface area (Å²) in [7, 11) is 0. The van der Waals surface area contributed by atoms with E-state index in [1.54, 1.807) is 6.26 Å². The van der Waals surface area contributed by atoms with Crippen LogP contribution in [0.2, 0.25) is 0 Å². The van der Waals surface area contributed by atoms with Crippen LogP contribution >= 0.6 is 0 Å². The van der Waals surface area contributed by atoms with Crippen LogP contribution in [0.3, 0.4) is 0 Å². The fraction of sp³-hybridized carbons (Fsp3) is 0.0435. The zero-order valence-corrected chi connectivity index (χ0v) is 14.3. The molecule has 3 heterocycles. The Bertz CT molecular complexity index is 1220. The van der Waals surface area contributed by atoms with Crippen LogP contribution in [0.1, 0.15) is 5.69 Å². The molecule has 0 bridgehead atoms. The highest BCUT2D eigenvalue weighted by Crippen LogP contribution is 2.34. The number of aryl methyl sites for hydroxylation is 1. The fourth-order valence-electron chi connectivity index (χ4n) is 3.37. The third-order valence-corrected chi connectivity index (χ3v) is 4.68. The Balaban J connectivity index is 1.71. The highest BCUT2D eigenvalue weighted by Gasteiger charge is 2.13. The third kappa shape index (κ3) is 2.37. The van der Waals surface area contributed by atoms with E-state index in [2.05, 4.69) is 36.4 Å². The van der Waals surface area contributed by atoms with Crippen molar-refractivity contribution in [1.82, 2.24) is 9.97 Å². The average Bonchev–Trinajstić information content (AvgIpc) is 3.17. The molecule has 2 aromatic carbocycles. The molecule has 0 saturated carbocycles. The van der Waals surface area contributed by atoms with Gasteiger partial charge in [-0.3, -0.25) is 4.98 Å². The molecular formula is C23H16N2O. The molecule has 0 N–H and O–H groups in total. The maximum absolute atomic E-state index is 5.67. The number of aromatic nitrogens is 2. The largest absolute Gasteiger partial charge is 0.462 e. The first kappa shape index (κ1) is 14.8. The van der Waals surface area contributed by atoms with Gasteiger partial charge in [0.05, 0.1) is 12.0 Å². The van der Waals surface area contributed by atoms with Crippen LogP contribution in [-0.4, -0.2) is 9.97 Å². The van der Waals surface area contributed by atoms with Crippen LogP contribution < -0.4 is 0 Å². The molecule has 0 radical (unpaired) electrons. The molecule has 3 heteroatoms. The van der Waals surface area contributed by atoms with Gasteiger partial charge in [-0.25, -0.2) is 4.98 Å². The van der Waals surface area contributed by atoms with Gasteiger partial charge in [0.2, 0.25) is 0 Å². The van der Waals surface area contributed by atoms with Crippen LogP contribution in [0, 0.1) is 6.92 Å². The van der Waals surface area contributed by atoms with Crippen LogP contribution in [0.25, 0.3) is 44.3 Å². The van der Waals surface area contributed by atoms with E-state index in [1.165, 1.54) is 5.56 Å². The van der Waals surface area contributed by atoms with E-state index in [4.69, 9.17) is 14.4 Å². The van der Waals surface area contributed by atoms with E-state index in [1.807, 2.05) is 43.5 Å². The maximum Gasteiger partial charge on any atom is 0.160 e. The monoisotopic (exact) mass is 336 g/mol. The van der Waals surface area contributed by atoms with Gasteiger partial charge in [-0.1, -0.05) is 42.5 Å². The minimum absolute atomic E-state index is 0.827. The Morgan fingerprint density at radius 1 is 0.846 bits per heavy atom. The number of hydrogen-bond donors (Lipinski definition) is 0. The summed E-state index contributed by atoms with van der Waals surface area (Å²) in [6.07, 6.45) is 3.64. The fourth-order valence-corrected chi connectivity index (χ4v) is 3.37. The minimum atomic E-state index is 0.827. The van der Waals surface area contributed by atoms with Crippen molar-refractivity contribution in [2.24, 2.45) is 0 Å². The molecule has 5 rings (SSSR count). The van der Waals surface area contributed by atoms with Crippen molar-refractivity contribution >= 4 is 21.9 Å². The summed E-state index contributed by atoms with van der Waals surface area (Å²) in [6, 6.07) is 22.7. The van der Waals surface area contributed by atoms with Crippen molar-refractivity contribution in [3.8, 4) is 22.4 Å². The quantitative estimate of drug-likeness (QED) is 0.396. The van der Waals surface area contributed by atoms with Crippen molar-refractivity contribution in [2.75, 3.05) is 0 Å². The van der Waals surface area contributed by atoms with Crippen LogP contribution in [-0.2, 0) is 0 Å². The number of nitrogens with zero attached hydrogens (tertiary/aromatic N) is 2.